The minimum atomic E-state index is -0.376. The van der Waals surface area contributed by atoms with E-state index >= 15 is 0 Å². The van der Waals surface area contributed by atoms with Crippen molar-refractivity contribution in [2.45, 2.75) is 81.6 Å². The number of nitrogens with zero attached hydrogens (tertiary/aromatic N) is 1. The average Bonchev–Trinajstić information content (AvgIpc) is 3.24. The summed E-state index contributed by atoms with van der Waals surface area (Å²) >= 11 is 0. The average molecular weight is 443 g/mol. The molecular weight excluding hydrogens is 408 g/mol. The van der Waals surface area contributed by atoms with Crippen molar-refractivity contribution < 1.29 is 23.8 Å². The molecule has 0 radical (unpaired) electrons. The highest BCUT2D eigenvalue weighted by atomic mass is 16.5. The SMILES string of the molecule is O=C(N[C@H]1CCN2C(=O)COc3ccccc3C3CCC(CC3)OCC12)C1CCCCO1. The van der Waals surface area contributed by atoms with Crippen molar-refractivity contribution in [1.29, 1.82) is 0 Å². The molecule has 7 heteroatoms. The number of hydrogen-bond acceptors (Lipinski definition) is 5. The van der Waals surface area contributed by atoms with Gasteiger partial charge in [0.2, 0.25) is 5.91 Å². The smallest absolute Gasteiger partial charge is 0.260 e. The van der Waals surface area contributed by atoms with Gasteiger partial charge in [-0.2, -0.15) is 0 Å². The van der Waals surface area contributed by atoms with E-state index in [0.717, 1.165) is 57.1 Å². The third-order valence-electron chi connectivity index (χ3n) is 7.55. The lowest BCUT2D eigenvalue weighted by molar-refractivity contribution is -0.139. The molecule has 0 aromatic heterocycles. The molecule has 1 aliphatic carbocycles. The van der Waals surface area contributed by atoms with Crippen LogP contribution in [0, 0.1) is 0 Å². The number of benzene rings is 1. The summed E-state index contributed by atoms with van der Waals surface area (Å²) in [5.41, 5.74) is 1.20. The maximum absolute atomic E-state index is 13.1. The number of rotatable bonds is 2. The van der Waals surface area contributed by atoms with Gasteiger partial charge in [0.25, 0.3) is 5.91 Å². The van der Waals surface area contributed by atoms with Gasteiger partial charge in [-0.15, -0.1) is 0 Å². The van der Waals surface area contributed by atoms with Crippen LogP contribution in [0.4, 0.5) is 0 Å². The second kappa shape index (κ2) is 9.79. The number of para-hydroxylation sites is 1. The number of ether oxygens (including phenoxy) is 3. The summed E-state index contributed by atoms with van der Waals surface area (Å²) < 4.78 is 18.0. The molecule has 2 amide bonds. The van der Waals surface area contributed by atoms with E-state index in [0.29, 0.717) is 25.7 Å². The minimum absolute atomic E-state index is 0.00998. The van der Waals surface area contributed by atoms with Gasteiger partial charge in [0, 0.05) is 13.2 Å². The Kier molecular flexibility index (Phi) is 6.64. The molecule has 4 aliphatic heterocycles. The largest absolute Gasteiger partial charge is 0.483 e. The predicted molar refractivity (Wildman–Crippen MR) is 119 cm³/mol. The topological polar surface area (TPSA) is 77.1 Å². The Balaban J connectivity index is 1.32. The van der Waals surface area contributed by atoms with Gasteiger partial charge in [-0.3, -0.25) is 9.59 Å². The van der Waals surface area contributed by atoms with Crippen molar-refractivity contribution >= 4 is 11.8 Å². The molecule has 0 spiro atoms. The van der Waals surface area contributed by atoms with Crippen LogP contribution < -0.4 is 10.1 Å². The molecule has 6 rings (SSSR count). The zero-order valence-electron chi connectivity index (χ0n) is 18.7. The van der Waals surface area contributed by atoms with Gasteiger partial charge in [0.05, 0.1) is 24.8 Å². The van der Waals surface area contributed by atoms with Gasteiger partial charge >= 0.3 is 0 Å². The lowest BCUT2D eigenvalue weighted by Crippen LogP contribution is -2.52. The summed E-state index contributed by atoms with van der Waals surface area (Å²) in [4.78, 5) is 27.8. The molecule has 7 nitrogen and oxygen atoms in total. The van der Waals surface area contributed by atoms with E-state index < -0.39 is 0 Å². The number of carbonyl (C=O) groups is 2. The predicted octanol–water partition coefficient (Wildman–Crippen LogP) is 2.78. The van der Waals surface area contributed by atoms with Crippen LogP contribution >= 0.6 is 0 Å². The summed E-state index contributed by atoms with van der Waals surface area (Å²) in [6.07, 6.45) is 7.48. The van der Waals surface area contributed by atoms with Crippen molar-refractivity contribution in [3.05, 3.63) is 29.8 Å². The monoisotopic (exact) mass is 442 g/mol. The van der Waals surface area contributed by atoms with Gasteiger partial charge in [-0.25, -0.2) is 0 Å². The zero-order chi connectivity index (χ0) is 21.9. The van der Waals surface area contributed by atoms with E-state index in [2.05, 4.69) is 11.4 Å². The first-order valence-electron chi connectivity index (χ1n) is 12.2. The number of amides is 2. The van der Waals surface area contributed by atoms with Crippen molar-refractivity contribution in [1.82, 2.24) is 10.2 Å². The van der Waals surface area contributed by atoms with Crippen LogP contribution in [0.3, 0.4) is 0 Å². The van der Waals surface area contributed by atoms with Gasteiger partial charge < -0.3 is 24.4 Å². The van der Waals surface area contributed by atoms with Crippen molar-refractivity contribution in [3.63, 3.8) is 0 Å². The molecule has 4 heterocycles. The molecule has 1 aromatic carbocycles. The molecule has 2 saturated heterocycles. The van der Waals surface area contributed by atoms with Crippen LogP contribution in [-0.2, 0) is 19.1 Å². The lowest BCUT2D eigenvalue weighted by atomic mass is 9.82. The molecule has 1 N–H and O–H groups in total. The summed E-state index contributed by atoms with van der Waals surface area (Å²) in [6, 6.07) is 7.82. The summed E-state index contributed by atoms with van der Waals surface area (Å²) in [7, 11) is 0. The molecule has 3 atom stereocenters. The Morgan fingerprint density at radius 2 is 1.84 bits per heavy atom. The van der Waals surface area contributed by atoms with E-state index in [1.165, 1.54) is 5.56 Å². The van der Waals surface area contributed by atoms with Crippen LogP contribution in [0.5, 0.6) is 5.75 Å². The van der Waals surface area contributed by atoms with E-state index in [4.69, 9.17) is 14.2 Å². The standard InChI is InChI=1S/C25H34N2O5/c28-24-16-32-22-6-2-1-5-19(22)17-8-10-18(11-9-17)31-15-21-20(12-13-27(21)24)26-25(29)23-7-3-4-14-30-23/h1-2,5-6,17-18,20-21,23H,3-4,7-16H2,(H,26,29)/t17?,18?,20-,21?,23?/m0/s1. The maximum Gasteiger partial charge on any atom is 0.260 e. The fourth-order valence-corrected chi connectivity index (χ4v) is 5.71. The maximum atomic E-state index is 13.1. The van der Waals surface area contributed by atoms with E-state index in [1.54, 1.807) is 0 Å². The molecule has 2 unspecified atom stereocenters. The van der Waals surface area contributed by atoms with Crippen molar-refractivity contribution in [2.75, 3.05) is 26.4 Å². The first-order chi connectivity index (χ1) is 15.7. The highest BCUT2D eigenvalue weighted by Crippen LogP contribution is 2.39. The highest BCUT2D eigenvalue weighted by Gasteiger charge is 2.40. The molecule has 1 aromatic rings. The van der Waals surface area contributed by atoms with Gasteiger partial charge in [-0.05, 0) is 68.9 Å². The third-order valence-corrected chi connectivity index (χ3v) is 7.55. The molecule has 32 heavy (non-hydrogen) atoms. The Hall–Kier alpha value is -2.12. The first kappa shape index (κ1) is 21.7. The van der Waals surface area contributed by atoms with Crippen LogP contribution in [0.15, 0.2) is 24.3 Å². The quantitative estimate of drug-likeness (QED) is 0.762. The Morgan fingerprint density at radius 3 is 2.66 bits per heavy atom. The van der Waals surface area contributed by atoms with E-state index in [9.17, 15) is 9.59 Å². The first-order valence-corrected chi connectivity index (χ1v) is 12.2. The Labute approximate surface area is 189 Å². The van der Waals surface area contributed by atoms with Gasteiger partial charge in [0.15, 0.2) is 6.61 Å². The fraction of sp³-hybridized carbons (Fsp3) is 0.680. The molecule has 5 aliphatic rings. The summed E-state index contributed by atoms with van der Waals surface area (Å²) in [5, 5.41) is 3.17. The molecule has 2 bridgehead atoms. The Bertz CT molecular complexity index is 816. The molecule has 1 saturated carbocycles. The molecule has 3 fully saturated rings. The second-order valence-electron chi connectivity index (χ2n) is 9.55. The van der Waals surface area contributed by atoms with Crippen LogP contribution in [-0.4, -0.2) is 67.4 Å². The van der Waals surface area contributed by atoms with Crippen LogP contribution in [0.25, 0.3) is 0 Å². The van der Waals surface area contributed by atoms with Gasteiger partial charge in [-0.1, -0.05) is 18.2 Å². The second-order valence-corrected chi connectivity index (χ2v) is 9.55. The minimum Gasteiger partial charge on any atom is -0.483 e. The summed E-state index contributed by atoms with van der Waals surface area (Å²) in [6.45, 7) is 1.70. The Morgan fingerprint density at radius 1 is 1.00 bits per heavy atom. The fourth-order valence-electron chi connectivity index (χ4n) is 5.71. The number of fused-ring (bicyclic) bond motifs is 5. The van der Waals surface area contributed by atoms with Crippen molar-refractivity contribution in [3.8, 4) is 5.75 Å². The van der Waals surface area contributed by atoms with Crippen LogP contribution in [0.1, 0.15) is 62.8 Å². The molecule has 174 valence electrons. The number of hydrogen-bond donors (Lipinski definition) is 1. The lowest BCUT2D eigenvalue weighted by Gasteiger charge is -2.33. The summed E-state index contributed by atoms with van der Waals surface area (Å²) in [5.74, 6) is 1.16. The van der Waals surface area contributed by atoms with E-state index in [1.807, 2.05) is 23.1 Å². The highest BCUT2D eigenvalue weighted by molar-refractivity contribution is 5.82. The zero-order valence-corrected chi connectivity index (χ0v) is 18.7. The number of nitrogens with one attached hydrogen (secondary N) is 1. The van der Waals surface area contributed by atoms with Gasteiger partial charge in [0.1, 0.15) is 11.9 Å². The van der Waals surface area contributed by atoms with E-state index in [-0.39, 0.29) is 42.7 Å². The normalized spacial score (nSPS) is 33.2. The van der Waals surface area contributed by atoms with Crippen molar-refractivity contribution in [2.24, 2.45) is 0 Å². The number of carbonyl (C=O) groups excluding carboxylic acids is 2. The third kappa shape index (κ3) is 4.64. The van der Waals surface area contributed by atoms with Crippen LogP contribution in [0.2, 0.25) is 0 Å². The molecular formula is C25H34N2O5.